The lowest BCUT2D eigenvalue weighted by atomic mass is 9.93. The largest absolute Gasteiger partial charge is 0.480 e. The van der Waals surface area contributed by atoms with Crippen LogP contribution in [0.25, 0.3) is 0 Å². The standard InChI is InChI=1S/C11H18N2O3/c12-8-5-1-3-7-4-2-6-9(11(15)16)13(7)10(8)14/h7-9H,1-6,12H2,(H,15,16)/t7?,8?,9-/m0/s1. The molecule has 1 amide bonds. The minimum atomic E-state index is -0.896. The first-order chi connectivity index (χ1) is 7.61. The van der Waals surface area contributed by atoms with E-state index < -0.39 is 18.1 Å². The van der Waals surface area contributed by atoms with Gasteiger partial charge in [0, 0.05) is 6.04 Å². The minimum absolute atomic E-state index is 0.0934. The van der Waals surface area contributed by atoms with Gasteiger partial charge in [0.1, 0.15) is 6.04 Å². The van der Waals surface area contributed by atoms with E-state index in [1.165, 1.54) is 0 Å². The maximum atomic E-state index is 12.0. The Balaban J connectivity index is 2.25. The van der Waals surface area contributed by atoms with Gasteiger partial charge in [-0.05, 0) is 38.5 Å². The summed E-state index contributed by atoms with van der Waals surface area (Å²) in [5.41, 5.74) is 5.76. The van der Waals surface area contributed by atoms with Crippen LogP contribution >= 0.6 is 0 Å². The first kappa shape index (κ1) is 11.4. The number of nitrogens with zero attached hydrogens (tertiary/aromatic N) is 1. The number of rotatable bonds is 1. The second-order valence-corrected chi connectivity index (χ2v) is 4.72. The zero-order valence-electron chi connectivity index (χ0n) is 9.26. The topological polar surface area (TPSA) is 83.6 Å². The second-order valence-electron chi connectivity index (χ2n) is 4.72. The minimum Gasteiger partial charge on any atom is -0.480 e. The van der Waals surface area contributed by atoms with Crippen molar-refractivity contribution in [1.29, 1.82) is 0 Å². The Morgan fingerprint density at radius 3 is 2.50 bits per heavy atom. The highest BCUT2D eigenvalue weighted by molar-refractivity contribution is 5.87. The average Bonchev–Trinajstić information content (AvgIpc) is 2.40. The normalized spacial score (nSPS) is 35.4. The van der Waals surface area contributed by atoms with Crippen LogP contribution in [0.2, 0.25) is 0 Å². The third kappa shape index (κ3) is 1.91. The molecule has 2 saturated heterocycles. The molecule has 2 aliphatic heterocycles. The number of carbonyl (C=O) groups excluding carboxylic acids is 1. The molecule has 3 N–H and O–H groups in total. The summed E-state index contributed by atoms with van der Waals surface area (Å²) in [5.74, 6) is -1.07. The lowest BCUT2D eigenvalue weighted by molar-refractivity contribution is -0.155. The molecule has 16 heavy (non-hydrogen) atoms. The number of hydrogen-bond donors (Lipinski definition) is 2. The van der Waals surface area contributed by atoms with E-state index in [1.54, 1.807) is 4.90 Å². The molecular weight excluding hydrogens is 208 g/mol. The molecule has 5 nitrogen and oxygen atoms in total. The Labute approximate surface area is 94.6 Å². The van der Waals surface area contributed by atoms with Crippen molar-refractivity contribution < 1.29 is 14.7 Å². The van der Waals surface area contributed by atoms with Crippen molar-refractivity contribution in [2.24, 2.45) is 5.73 Å². The third-order valence-corrected chi connectivity index (χ3v) is 3.65. The van der Waals surface area contributed by atoms with Gasteiger partial charge in [0.25, 0.3) is 0 Å². The van der Waals surface area contributed by atoms with Gasteiger partial charge in [-0.15, -0.1) is 0 Å². The summed E-state index contributed by atoms with van der Waals surface area (Å²) in [7, 11) is 0. The van der Waals surface area contributed by atoms with Crippen LogP contribution in [0.3, 0.4) is 0 Å². The van der Waals surface area contributed by atoms with Crippen LogP contribution in [0, 0.1) is 0 Å². The number of aliphatic carboxylic acids is 1. The molecule has 0 aromatic heterocycles. The molecule has 2 aliphatic rings. The van der Waals surface area contributed by atoms with Crippen molar-refractivity contribution in [2.45, 2.75) is 56.7 Å². The Kier molecular flexibility index (Phi) is 3.14. The van der Waals surface area contributed by atoms with Crippen molar-refractivity contribution in [1.82, 2.24) is 4.90 Å². The summed E-state index contributed by atoms with van der Waals surface area (Å²) in [4.78, 5) is 24.7. The average molecular weight is 226 g/mol. The fraction of sp³-hybridized carbons (Fsp3) is 0.818. The number of carbonyl (C=O) groups is 2. The highest BCUT2D eigenvalue weighted by atomic mass is 16.4. The van der Waals surface area contributed by atoms with Gasteiger partial charge < -0.3 is 15.7 Å². The van der Waals surface area contributed by atoms with E-state index in [1.807, 2.05) is 0 Å². The lowest BCUT2D eigenvalue weighted by Crippen LogP contribution is -2.56. The van der Waals surface area contributed by atoms with Crippen LogP contribution in [0.4, 0.5) is 0 Å². The van der Waals surface area contributed by atoms with Gasteiger partial charge in [-0.3, -0.25) is 4.79 Å². The fourth-order valence-electron chi connectivity index (χ4n) is 2.83. The third-order valence-electron chi connectivity index (χ3n) is 3.65. The number of nitrogens with two attached hydrogens (primary N) is 1. The van der Waals surface area contributed by atoms with Crippen LogP contribution in [0.15, 0.2) is 0 Å². The van der Waals surface area contributed by atoms with Gasteiger partial charge in [0.2, 0.25) is 5.91 Å². The molecule has 90 valence electrons. The molecule has 2 fully saturated rings. The fourth-order valence-corrected chi connectivity index (χ4v) is 2.83. The zero-order valence-corrected chi connectivity index (χ0v) is 9.26. The second kappa shape index (κ2) is 4.41. The van der Waals surface area contributed by atoms with E-state index in [-0.39, 0.29) is 11.9 Å². The van der Waals surface area contributed by atoms with Gasteiger partial charge in [0.15, 0.2) is 0 Å². The first-order valence-electron chi connectivity index (χ1n) is 5.92. The number of carboxylic acids is 1. The van der Waals surface area contributed by atoms with Crippen molar-refractivity contribution in [3.05, 3.63) is 0 Å². The molecule has 2 rings (SSSR count). The summed E-state index contributed by atoms with van der Waals surface area (Å²) in [5, 5.41) is 9.14. The van der Waals surface area contributed by atoms with Gasteiger partial charge in [-0.1, -0.05) is 0 Å². The number of fused-ring (bicyclic) bond motifs is 1. The molecular formula is C11H18N2O3. The van der Waals surface area contributed by atoms with Gasteiger partial charge in [-0.2, -0.15) is 0 Å². The van der Waals surface area contributed by atoms with Crippen LogP contribution in [-0.2, 0) is 9.59 Å². The first-order valence-corrected chi connectivity index (χ1v) is 5.92. The Bertz CT molecular complexity index is 306. The number of hydrogen-bond acceptors (Lipinski definition) is 3. The van der Waals surface area contributed by atoms with Crippen LogP contribution in [0.1, 0.15) is 38.5 Å². The molecule has 2 heterocycles. The molecule has 5 heteroatoms. The predicted molar refractivity (Wildman–Crippen MR) is 57.7 cm³/mol. The lowest BCUT2D eigenvalue weighted by Gasteiger charge is -2.39. The highest BCUT2D eigenvalue weighted by Crippen LogP contribution is 2.29. The van der Waals surface area contributed by atoms with Gasteiger partial charge in [-0.25, -0.2) is 4.79 Å². The molecule has 0 spiro atoms. The number of amides is 1. The number of piperidine rings is 1. The van der Waals surface area contributed by atoms with Gasteiger partial charge >= 0.3 is 5.97 Å². The van der Waals surface area contributed by atoms with E-state index in [9.17, 15) is 9.59 Å². The molecule has 0 aromatic carbocycles. The molecule has 0 bridgehead atoms. The Hall–Kier alpha value is -1.10. The summed E-state index contributed by atoms with van der Waals surface area (Å²) in [6, 6.07) is -1.07. The molecule has 0 saturated carbocycles. The Morgan fingerprint density at radius 2 is 1.88 bits per heavy atom. The van der Waals surface area contributed by atoms with Crippen molar-refractivity contribution in [3.8, 4) is 0 Å². The molecule has 3 atom stereocenters. The van der Waals surface area contributed by atoms with Crippen molar-refractivity contribution in [2.75, 3.05) is 0 Å². The molecule has 0 aliphatic carbocycles. The van der Waals surface area contributed by atoms with E-state index in [4.69, 9.17) is 10.8 Å². The van der Waals surface area contributed by atoms with Crippen molar-refractivity contribution in [3.63, 3.8) is 0 Å². The number of carboxylic acid groups (broad SMARTS) is 1. The molecule has 0 aromatic rings. The van der Waals surface area contributed by atoms with Crippen LogP contribution in [-0.4, -0.2) is 40.0 Å². The summed E-state index contributed by atoms with van der Waals surface area (Å²) in [6.45, 7) is 0. The molecule has 2 unspecified atom stereocenters. The maximum absolute atomic E-state index is 12.0. The van der Waals surface area contributed by atoms with E-state index >= 15 is 0 Å². The Morgan fingerprint density at radius 1 is 1.25 bits per heavy atom. The predicted octanol–water partition coefficient (Wildman–Crippen LogP) is 0.332. The van der Waals surface area contributed by atoms with E-state index in [0.717, 1.165) is 25.7 Å². The van der Waals surface area contributed by atoms with Crippen LogP contribution in [0.5, 0.6) is 0 Å². The molecule has 0 radical (unpaired) electrons. The SMILES string of the molecule is NC1CCCC2CCC[C@@H](C(=O)O)N2C1=O. The highest BCUT2D eigenvalue weighted by Gasteiger charge is 2.41. The maximum Gasteiger partial charge on any atom is 0.326 e. The summed E-state index contributed by atoms with van der Waals surface area (Å²) in [6.07, 6.45) is 4.86. The van der Waals surface area contributed by atoms with E-state index in [2.05, 4.69) is 0 Å². The van der Waals surface area contributed by atoms with Crippen LogP contribution < -0.4 is 5.73 Å². The summed E-state index contributed by atoms with van der Waals surface area (Å²) >= 11 is 0. The zero-order chi connectivity index (χ0) is 11.7. The van der Waals surface area contributed by atoms with E-state index in [0.29, 0.717) is 12.8 Å². The quantitative estimate of drug-likeness (QED) is 0.675. The van der Waals surface area contributed by atoms with Crippen molar-refractivity contribution >= 4 is 11.9 Å². The smallest absolute Gasteiger partial charge is 0.326 e. The summed E-state index contributed by atoms with van der Waals surface area (Å²) < 4.78 is 0. The monoisotopic (exact) mass is 226 g/mol. The van der Waals surface area contributed by atoms with Gasteiger partial charge in [0.05, 0.1) is 6.04 Å².